The molecule has 2 aromatic carbocycles. The van der Waals surface area contributed by atoms with Gasteiger partial charge in [-0.25, -0.2) is 0 Å². The van der Waals surface area contributed by atoms with Gasteiger partial charge in [0.1, 0.15) is 0 Å². The van der Waals surface area contributed by atoms with Crippen LogP contribution in [0.1, 0.15) is 11.1 Å². The van der Waals surface area contributed by atoms with E-state index in [1.165, 1.54) is 11.1 Å². The fourth-order valence-corrected chi connectivity index (χ4v) is 3.45. The summed E-state index contributed by atoms with van der Waals surface area (Å²) in [5.41, 5.74) is 7.56. The summed E-state index contributed by atoms with van der Waals surface area (Å²) >= 11 is 0. The van der Waals surface area contributed by atoms with Crippen LogP contribution in [0.2, 0.25) is 0 Å². The quantitative estimate of drug-likeness (QED) is 0.270. The largest absolute Gasteiger partial charge is 0.348 e. The Kier molecular flexibility index (Phi) is 4.61. The van der Waals surface area contributed by atoms with E-state index in [1.807, 2.05) is 40.6 Å². The minimum absolute atomic E-state index is 0. The fourth-order valence-electron chi connectivity index (χ4n) is 3.45. The summed E-state index contributed by atoms with van der Waals surface area (Å²) in [7, 11) is 1.98. The first kappa shape index (κ1) is 17.6. The summed E-state index contributed by atoms with van der Waals surface area (Å²) in [4.78, 5) is 4.55. The average Bonchev–Trinajstić information content (AvgIpc) is 3.01. The van der Waals surface area contributed by atoms with Crippen LogP contribution in [0.5, 0.6) is 0 Å². The molecule has 1 aliphatic carbocycles. The second-order valence-electron chi connectivity index (χ2n) is 6.33. The number of allylic oxidation sites excluding steroid dienone is 2. The van der Waals surface area contributed by atoms with Crippen LogP contribution in [-0.2, 0) is 27.2 Å². The molecule has 4 aromatic rings. The third kappa shape index (κ3) is 2.97. The summed E-state index contributed by atoms with van der Waals surface area (Å²) in [6.07, 6.45) is 12.8. The van der Waals surface area contributed by atoms with Gasteiger partial charge in [0.2, 0.25) is 0 Å². The molecule has 0 atom stereocenters. The van der Waals surface area contributed by atoms with Gasteiger partial charge in [-0.2, -0.15) is 23.2 Å². The van der Waals surface area contributed by atoms with Crippen molar-refractivity contribution in [2.75, 3.05) is 0 Å². The van der Waals surface area contributed by atoms with E-state index in [2.05, 4.69) is 72.0 Å². The van der Waals surface area contributed by atoms with Crippen LogP contribution in [0.4, 0.5) is 0 Å². The molecule has 0 fully saturated rings. The van der Waals surface area contributed by atoms with Crippen LogP contribution in [0.25, 0.3) is 40.1 Å². The molecule has 0 spiro atoms. The number of hydrogen-bond donors (Lipinski definition) is 0. The minimum atomic E-state index is 0. The summed E-state index contributed by atoms with van der Waals surface area (Å²) in [5, 5.41) is 0. The van der Waals surface area contributed by atoms with Gasteiger partial charge in [-0.1, -0.05) is 65.4 Å². The van der Waals surface area contributed by atoms with Crippen molar-refractivity contribution in [1.29, 1.82) is 0 Å². The molecule has 27 heavy (non-hydrogen) atoms. The predicted molar refractivity (Wildman–Crippen MR) is 103 cm³/mol. The molecule has 0 unspecified atom stereocenters. The molecule has 4 heteroatoms. The zero-order chi connectivity index (χ0) is 17.5. The number of hydrogen-bond acceptors (Lipinski definition) is 1. The zero-order valence-corrected chi connectivity index (χ0v) is 17.1. The van der Waals surface area contributed by atoms with Crippen molar-refractivity contribution in [3.8, 4) is 11.1 Å². The molecule has 2 aromatic heterocycles. The van der Waals surface area contributed by atoms with Gasteiger partial charge in [0.15, 0.2) is 12.0 Å². The van der Waals surface area contributed by atoms with Crippen LogP contribution in [0, 0.1) is 12.4 Å². The van der Waals surface area contributed by atoms with Crippen LogP contribution >= 0.6 is 0 Å². The first-order valence-electron chi connectivity index (χ1n) is 8.56. The maximum Gasteiger partial charge on any atom is 0.181 e. The van der Waals surface area contributed by atoms with E-state index in [-0.39, 0.29) is 20.1 Å². The number of benzene rings is 2. The summed E-state index contributed by atoms with van der Waals surface area (Å²) in [6.45, 7) is 0. The van der Waals surface area contributed by atoms with Crippen LogP contribution in [0.15, 0.2) is 66.9 Å². The Morgan fingerprint density at radius 1 is 0.889 bits per heavy atom. The normalized spacial score (nSPS) is 14.3. The third-order valence-corrected chi connectivity index (χ3v) is 4.71. The van der Waals surface area contributed by atoms with Crippen molar-refractivity contribution in [1.82, 2.24) is 9.55 Å². The van der Waals surface area contributed by atoms with E-state index in [0.29, 0.717) is 0 Å². The predicted octanol–water partition coefficient (Wildman–Crippen LogP) is 4.15. The van der Waals surface area contributed by atoms with Crippen molar-refractivity contribution in [2.45, 2.75) is 0 Å². The minimum Gasteiger partial charge on any atom is -0.348 e. The Hall–Kier alpha value is -2.81. The average molecular weight is 527 g/mol. The zero-order valence-electron chi connectivity index (χ0n) is 14.7. The van der Waals surface area contributed by atoms with Crippen LogP contribution in [0.3, 0.4) is 0 Å². The topological polar surface area (TPSA) is 21.7 Å². The van der Waals surface area contributed by atoms with E-state index >= 15 is 0 Å². The van der Waals surface area contributed by atoms with Gasteiger partial charge >= 0.3 is 0 Å². The molecular formula is C23H16IrN3-. The van der Waals surface area contributed by atoms with Gasteiger partial charge in [0.05, 0.1) is 11.7 Å². The molecule has 1 aliphatic rings. The van der Waals surface area contributed by atoms with Crippen molar-refractivity contribution >= 4 is 29.0 Å². The molecule has 1 radical (unpaired) electrons. The molecule has 0 saturated carbocycles. The SMILES string of the molecule is Cn1[c-][n+](/C2=C/c3ccccc3-c3ccccc3C=[C-]2)c2ncccc21.[Ir]. The van der Waals surface area contributed by atoms with E-state index in [1.54, 1.807) is 0 Å². The number of imidazole rings is 1. The molecule has 0 saturated heterocycles. The van der Waals surface area contributed by atoms with Gasteiger partial charge in [-0.05, 0) is 11.6 Å². The fraction of sp³-hybridized carbons (Fsp3) is 0.0435. The summed E-state index contributed by atoms with van der Waals surface area (Å²) < 4.78 is 3.93. The maximum atomic E-state index is 4.55. The van der Waals surface area contributed by atoms with E-state index in [0.717, 1.165) is 28.0 Å². The number of nitrogens with zero attached hydrogens (tertiary/aromatic N) is 3. The van der Waals surface area contributed by atoms with Crippen molar-refractivity contribution in [3.05, 3.63) is 90.4 Å². The second kappa shape index (κ2) is 7.07. The van der Waals surface area contributed by atoms with Crippen molar-refractivity contribution in [3.63, 3.8) is 0 Å². The third-order valence-electron chi connectivity index (χ3n) is 4.71. The Labute approximate surface area is 171 Å². The maximum absolute atomic E-state index is 4.55. The summed E-state index contributed by atoms with van der Waals surface area (Å²) in [6, 6.07) is 20.9. The number of pyridine rings is 1. The first-order valence-corrected chi connectivity index (χ1v) is 8.56. The van der Waals surface area contributed by atoms with Crippen molar-refractivity contribution < 1.29 is 24.7 Å². The molecule has 0 bridgehead atoms. The molecule has 0 aliphatic heterocycles. The Morgan fingerprint density at radius 2 is 1.59 bits per heavy atom. The Morgan fingerprint density at radius 3 is 2.41 bits per heavy atom. The van der Waals surface area contributed by atoms with Gasteiger partial charge < -0.3 is 9.13 Å². The molecule has 3 nitrogen and oxygen atoms in total. The monoisotopic (exact) mass is 527 g/mol. The van der Waals surface area contributed by atoms with E-state index < -0.39 is 0 Å². The summed E-state index contributed by atoms with van der Waals surface area (Å²) in [5.74, 6) is 0. The van der Waals surface area contributed by atoms with Crippen LogP contribution < -0.4 is 4.57 Å². The standard InChI is InChI=1S/C23H16N3.Ir/c1-25-16-26(23-22(25)11-6-14-24-23)19-13-12-17-7-2-4-9-20(17)21-10-5-3-8-18(21)15-19;/h2-12,14-15H,1H3;/q-1;/b17-12?,18-15?,19-15+,21-20?;. The second-order valence-corrected chi connectivity index (χ2v) is 6.33. The Bertz CT molecular complexity index is 1200. The smallest absolute Gasteiger partial charge is 0.181 e. The number of rotatable bonds is 1. The number of fused-ring (bicyclic) bond motifs is 4. The molecule has 5 rings (SSSR count). The first-order chi connectivity index (χ1) is 12.8. The van der Waals surface area contributed by atoms with E-state index in [4.69, 9.17) is 0 Å². The molecular weight excluding hydrogens is 510 g/mol. The van der Waals surface area contributed by atoms with Crippen molar-refractivity contribution in [2.24, 2.45) is 7.05 Å². The molecule has 0 amide bonds. The van der Waals surface area contributed by atoms with Crippen LogP contribution in [-0.4, -0.2) is 9.55 Å². The molecule has 2 heterocycles. The Balaban J connectivity index is 0.00000180. The number of aryl methyl sites for hydroxylation is 1. The van der Waals surface area contributed by atoms with Gasteiger partial charge in [-0.3, -0.25) is 0 Å². The number of aromatic nitrogens is 3. The van der Waals surface area contributed by atoms with E-state index in [9.17, 15) is 0 Å². The van der Waals surface area contributed by atoms with Gasteiger partial charge in [-0.15, -0.1) is 11.6 Å². The van der Waals surface area contributed by atoms with Gasteiger partial charge in [0, 0.05) is 27.2 Å². The van der Waals surface area contributed by atoms with Gasteiger partial charge in [0.25, 0.3) is 0 Å². The molecule has 133 valence electrons. The molecule has 0 N–H and O–H groups in total.